The van der Waals surface area contributed by atoms with Gasteiger partial charge in [-0.05, 0) is 32.1 Å². The normalized spacial score (nSPS) is 21.3. The van der Waals surface area contributed by atoms with Crippen LogP contribution in [0.5, 0.6) is 0 Å². The highest BCUT2D eigenvalue weighted by molar-refractivity contribution is 5.96. The first-order valence-corrected chi connectivity index (χ1v) is 11.0. The fourth-order valence-electron chi connectivity index (χ4n) is 3.94. The number of aliphatic carboxylic acids is 1. The lowest BCUT2D eigenvalue weighted by molar-refractivity contribution is -0.145. The van der Waals surface area contributed by atoms with Gasteiger partial charge in [-0.2, -0.15) is 0 Å². The minimum Gasteiger partial charge on any atom is -0.480 e. The van der Waals surface area contributed by atoms with Gasteiger partial charge in [-0.1, -0.05) is 0 Å². The molecule has 0 saturated carbocycles. The average Bonchev–Trinajstić information content (AvgIpc) is 3.42. The molecule has 188 valence electrons. The summed E-state index contributed by atoms with van der Waals surface area (Å²) < 4.78 is 0. The zero-order chi connectivity index (χ0) is 25.4. The molecule has 0 aromatic rings. The van der Waals surface area contributed by atoms with Crippen molar-refractivity contribution in [2.75, 3.05) is 6.54 Å². The molecule has 2 heterocycles. The number of hydrogen-bond acceptors (Lipinski definition) is 7. The van der Waals surface area contributed by atoms with Crippen LogP contribution in [0.3, 0.4) is 0 Å². The summed E-state index contributed by atoms with van der Waals surface area (Å²) in [5.74, 6) is -4.98. The van der Waals surface area contributed by atoms with Gasteiger partial charge in [0.25, 0.3) is 0 Å². The Hall–Kier alpha value is -3.71. The summed E-state index contributed by atoms with van der Waals surface area (Å²) in [4.78, 5) is 84.9. The zero-order valence-corrected chi connectivity index (χ0v) is 18.6. The Kier molecular flexibility index (Phi) is 9.33. The Balaban J connectivity index is 2.10. The van der Waals surface area contributed by atoms with Gasteiger partial charge in [0, 0.05) is 25.8 Å². The summed E-state index contributed by atoms with van der Waals surface area (Å²) in [5.41, 5.74) is 10.2. The molecule has 2 fully saturated rings. The molecule has 2 aliphatic heterocycles. The molecule has 34 heavy (non-hydrogen) atoms. The molecular weight excluding hydrogens is 452 g/mol. The fourth-order valence-corrected chi connectivity index (χ4v) is 3.94. The second-order valence-electron chi connectivity index (χ2n) is 8.32. The van der Waals surface area contributed by atoms with Crippen molar-refractivity contribution >= 4 is 41.4 Å². The van der Waals surface area contributed by atoms with E-state index in [1.54, 1.807) is 0 Å². The number of carbonyl (C=O) groups is 7. The van der Waals surface area contributed by atoms with Gasteiger partial charge in [0.15, 0.2) is 0 Å². The van der Waals surface area contributed by atoms with E-state index in [1.807, 2.05) is 0 Å². The Morgan fingerprint density at radius 3 is 2.09 bits per heavy atom. The van der Waals surface area contributed by atoms with Crippen LogP contribution in [0.1, 0.15) is 51.4 Å². The van der Waals surface area contributed by atoms with Crippen molar-refractivity contribution in [1.29, 1.82) is 0 Å². The third kappa shape index (κ3) is 7.42. The summed E-state index contributed by atoms with van der Waals surface area (Å²) in [7, 11) is 0. The van der Waals surface area contributed by atoms with Crippen molar-refractivity contribution in [2.45, 2.75) is 75.5 Å². The largest absolute Gasteiger partial charge is 0.480 e. The fraction of sp³-hybridized carbons (Fsp3) is 0.650. The molecule has 0 spiro atoms. The van der Waals surface area contributed by atoms with E-state index in [4.69, 9.17) is 11.5 Å². The Labute approximate surface area is 195 Å². The van der Waals surface area contributed by atoms with Gasteiger partial charge in [0.1, 0.15) is 24.2 Å². The highest BCUT2D eigenvalue weighted by Crippen LogP contribution is 2.20. The number of hydrogen-bond donors (Lipinski definition) is 6. The lowest BCUT2D eigenvalue weighted by Gasteiger charge is -2.30. The summed E-state index contributed by atoms with van der Waals surface area (Å²) in [6.45, 7) is 0.180. The molecule has 2 saturated heterocycles. The quantitative estimate of drug-likeness (QED) is 0.166. The zero-order valence-electron chi connectivity index (χ0n) is 18.6. The van der Waals surface area contributed by atoms with Crippen molar-refractivity contribution in [3.05, 3.63) is 0 Å². The van der Waals surface area contributed by atoms with Gasteiger partial charge in [-0.3, -0.25) is 28.8 Å². The third-order valence-corrected chi connectivity index (χ3v) is 5.74. The van der Waals surface area contributed by atoms with Crippen LogP contribution in [0.15, 0.2) is 0 Å². The maximum atomic E-state index is 13.2. The Bertz CT molecular complexity index is 862. The molecule has 2 rings (SSSR count). The number of carbonyl (C=O) groups excluding carboxylic acids is 6. The molecule has 14 heteroatoms. The van der Waals surface area contributed by atoms with Crippen molar-refractivity contribution in [3.8, 4) is 0 Å². The van der Waals surface area contributed by atoms with Gasteiger partial charge in [0.2, 0.25) is 35.4 Å². The van der Waals surface area contributed by atoms with E-state index in [2.05, 4.69) is 16.0 Å². The van der Waals surface area contributed by atoms with E-state index in [0.717, 1.165) is 0 Å². The second-order valence-corrected chi connectivity index (χ2v) is 8.32. The number of nitrogens with zero attached hydrogens (tertiary/aromatic N) is 1. The van der Waals surface area contributed by atoms with Gasteiger partial charge in [0.05, 0.1) is 0 Å². The molecule has 0 aliphatic carbocycles. The van der Waals surface area contributed by atoms with E-state index in [9.17, 15) is 38.7 Å². The number of nitrogens with two attached hydrogens (primary N) is 2. The molecule has 2 aliphatic rings. The topological polar surface area (TPSA) is 231 Å². The van der Waals surface area contributed by atoms with Gasteiger partial charge in [-0.15, -0.1) is 0 Å². The molecule has 0 aromatic heterocycles. The molecule has 8 N–H and O–H groups in total. The summed E-state index contributed by atoms with van der Waals surface area (Å²) in [6, 6.07) is -4.34. The van der Waals surface area contributed by atoms with Crippen LogP contribution in [0, 0.1) is 0 Å². The van der Waals surface area contributed by atoms with Crippen LogP contribution in [0.2, 0.25) is 0 Å². The van der Waals surface area contributed by atoms with Crippen LogP contribution in [-0.4, -0.2) is 82.1 Å². The number of carboxylic acid groups (broad SMARTS) is 1. The first-order chi connectivity index (χ1) is 16.0. The monoisotopic (exact) mass is 482 g/mol. The standard InChI is InChI=1S/C20H30N6O8/c21-14(27)6-3-11(24-17(30)10-5-8-16(29)23-10)19(32)26-9-1-2-13(26)18(31)25-12(20(33)34)4-7-15(22)28/h10-13H,1-9H2,(H2,21,27)(H2,22,28)(H,23,29)(H,24,30)(H,25,31)(H,33,34)/t10-,11-,12-,13-/m0/s1. The van der Waals surface area contributed by atoms with Crippen LogP contribution < -0.4 is 27.4 Å². The van der Waals surface area contributed by atoms with Crippen LogP contribution >= 0.6 is 0 Å². The van der Waals surface area contributed by atoms with Crippen LogP contribution in [0.25, 0.3) is 0 Å². The number of carboxylic acids is 1. The molecule has 0 unspecified atom stereocenters. The first kappa shape index (κ1) is 26.5. The predicted molar refractivity (Wildman–Crippen MR) is 114 cm³/mol. The minimum atomic E-state index is -1.37. The van der Waals surface area contributed by atoms with Crippen molar-refractivity contribution in [2.24, 2.45) is 11.5 Å². The molecule has 14 nitrogen and oxygen atoms in total. The highest BCUT2D eigenvalue weighted by atomic mass is 16.4. The van der Waals surface area contributed by atoms with E-state index in [1.165, 1.54) is 4.90 Å². The highest BCUT2D eigenvalue weighted by Gasteiger charge is 2.39. The Morgan fingerprint density at radius 1 is 0.971 bits per heavy atom. The van der Waals surface area contributed by atoms with Crippen molar-refractivity contribution in [1.82, 2.24) is 20.9 Å². The van der Waals surface area contributed by atoms with Gasteiger partial charge in [-0.25, -0.2) is 4.79 Å². The van der Waals surface area contributed by atoms with Crippen LogP contribution in [0.4, 0.5) is 0 Å². The van der Waals surface area contributed by atoms with E-state index >= 15 is 0 Å². The number of amides is 6. The van der Waals surface area contributed by atoms with Gasteiger partial charge >= 0.3 is 5.97 Å². The number of nitrogens with one attached hydrogen (secondary N) is 3. The second kappa shape index (κ2) is 12.0. The Morgan fingerprint density at radius 2 is 1.56 bits per heavy atom. The minimum absolute atomic E-state index is 0.109. The van der Waals surface area contributed by atoms with Crippen LogP contribution in [-0.2, 0) is 33.6 Å². The molecule has 0 aromatic carbocycles. The van der Waals surface area contributed by atoms with E-state index < -0.39 is 59.7 Å². The number of rotatable bonds is 12. The maximum Gasteiger partial charge on any atom is 0.326 e. The van der Waals surface area contributed by atoms with Crippen molar-refractivity contribution < 1.29 is 38.7 Å². The average molecular weight is 482 g/mol. The predicted octanol–water partition coefficient (Wildman–Crippen LogP) is -3.16. The molecule has 0 radical (unpaired) electrons. The van der Waals surface area contributed by atoms with E-state index in [0.29, 0.717) is 6.42 Å². The maximum absolute atomic E-state index is 13.2. The summed E-state index contributed by atoms with van der Waals surface area (Å²) >= 11 is 0. The molecular formula is C20H30N6O8. The SMILES string of the molecule is NC(=O)CC[C@H](NC(=O)[C@@H]1CCCN1C(=O)[C@H](CCC(N)=O)NC(=O)[C@@H]1CCC(=O)N1)C(=O)O. The smallest absolute Gasteiger partial charge is 0.326 e. The van der Waals surface area contributed by atoms with Gasteiger partial charge < -0.3 is 37.4 Å². The molecule has 6 amide bonds. The number of likely N-dealkylation sites (tertiary alicyclic amines) is 1. The van der Waals surface area contributed by atoms with Crippen molar-refractivity contribution in [3.63, 3.8) is 0 Å². The lowest BCUT2D eigenvalue weighted by Crippen LogP contribution is -2.57. The third-order valence-electron chi connectivity index (χ3n) is 5.74. The summed E-state index contributed by atoms with van der Waals surface area (Å²) in [5, 5.41) is 16.7. The number of primary amides is 2. The molecule has 4 atom stereocenters. The van der Waals surface area contributed by atoms with E-state index in [-0.39, 0.29) is 57.4 Å². The first-order valence-electron chi connectivity index (χ1n) is 11.0. The molecule has 0 bridgehead atoms. The summed E-state index contributed by atoms with van der Waals surface area (Å²) in [6.07, 6.45) is 0.386. The lowest BCUT2D eigenvalue weighted by atomic mass is 10.1.